The van der Waals surface area contributed by atoms with Crippen LogP contribution in [0.4, 0.5) is 17.1 Å². The van der Waals surface area contributed by atoms with Gasteiger partial charge in [0.05, 0.1) is 22.9 Å². The molecule has 0 N–H and O–H groups in total. The number of carbonyl (C=O) groups excluding carboxylic acids is 2. The van der Waals surface area contributed by atoms with E-state index in [9.17, 15) is 14.9 Å². The van der Waals surface area contributed by atoms with Crippen LogP contribution in [0.1, 0.15) is 84.5 Å². The maximum atomic E-state index is 13.3. The van der Waals surface area contributed by atoms with E-state index in [0.29, 0.717) is 16.7 Å². The number of nitrogens with zero attached hydrogens (tertiary/aromatic N) is 2. The van der Waals surface area contributed by atoms with Crippen molar-refractivity contribution in [1.82, 2.24) is 0 Å². The molecule has 0 atom stereocenters. The maximum absolute atomic E-state index is 13.3. The van der Waals surface area contributed by atoms with Crippen LogP contribution < -0.4 is 4.90 Å². The number of hydrogen-bond donors (Lipinski definition) is 0. The van der Waals surface area contributed by atoms with Gasteiger partial charge < -0.3 is 4.90 Å². The molecule has 0 spiro atoms. The number of rotatable bonds is 4. The Morgan fingerprint density at radius 2 is 1.14 bits per heavy atom. The zero-order valence-electron chi connectivity index (χ0n) is 29.8. The number of benzene rings is 6. The first-order valence-electron chi connectivity index (χ1n) is 17.4. The van der Waals surface area contributed by atoms with Crippen molar-refractivity contribution in [2.24, 2.45) is 0 Å². The second kappa shape index (κ2) is 11.5. The Balaban J connectivity index is 1.24. The van der Waals surface area contributed by atoms with Gasteiger partial charge in [0.2, 0.25) is 0 Å². The number of fused-ring (bicyclic) bond motifs is 4. The summed E-state index contributed by atoms with van der Waals surface area (Å²) in [7, 11) is 0. The van der Waals surface area contributed by atoms with Gasteiger partial charge in [-0.15, -0.1) is 0 Å². The topological polar surface area (TPSA) is 61.2 Å². The highest BCUT2D eigenvalue weighted by Gasteiger charge is 2.33. The highest BCUT2D eigenvalue weighted by molar-refractivity contribution is 6.41. The molecular weight excluding hydrogens is 625 g/mol. The van der Waals surface area contributed by atoms with Crippen LogP contribution in [0.15, 0.2) is 121 Å². The van der Waals surface area contributed by atoms with E-state index in [0.717, 1.165) is 50.3 Å². The van der Waals surface area contributed by atoms with Gasteiger partial charge in [0.1, 0.15) is 0 Å². The average molecular weight is 663 g/mol. The smallest absolute Gasteiger partial charge is 0.197 e. The first kappa shape index (κ1) is 32.2. The summed E-state index contributed by atoms with van der Waals surface area (Å²) in [5, 5.41) is 11.6. The molecule has 0 aliphatic heterocycles. The molecule has 6 aromatic rings. The molecule has 51 heavy (non-hydrogen) atoms. The van der Waals surface area contributed by atoms with Gasteiger partial charge in [-0.25, -0.2) is 0 Å². The van der Waals surface area contributed by atoms with Crippen molar-refractivity contribution in [3.05, 3.63) is 154 Å². The highest BCUT2D eigenvalue weighted by atomic mass is 16.2. The summed E-state index contributed by atoms with van der Waals surface area (Å²) in [6, 6.07) is 41.6. The highest BCUT2D eigenvalue weighted by Crippen LogP contribution is 2.51. The van der Waals surface area contributed by atoms with E-state index in [-0.39, 0.29) is 28.0 Å². The molecule has 0 unspecified atom stereocenters. The van der Waals surface area contributed by atoms with Crippen LogP contribution in [0.3, 0.4) is 0 Å². The number of ketones is 2. The van der Waals surface area contributed by atoms with Gasteiger partial charge in [-0.3, -0.25) is 9.59 Å². The zero-order chi connectivity index (χ0) is 35.8. The second-order valence-electron chi connectivity index (χ2n) is 15.7. The van der Waals surface area contributed by atoms with Crippen LogP contribution in [-0.2, 0) is 10.8 Å². The Morgan fingerprint density at radius 3 is 1.75 bits per heavy atom. The van der Waals surface area contributed by atoms with Gasteiger partial charge in [-0.05, 0) is 116 Å². The number of hydrogen-bond acceptors (Lipinski definition) is 4. The summed E-state index contributed by atoms with van der Waals surface area (Å²) in [6.45, 7) is 13.4. The largest absolute Gasteiger partial charge is 0.310 e. The molecule has 0 saturated heterocycles. The third-order valence-electron chi connectivity index (χ3n) is 10.3. The molecule has 6 aromatic carbocycles. The van der Waals surface area contributed by atoms with Crippen molar-refractivity contribution in [2.45, 2.75) is 52.4 Å². The van der Waals surface area contributed by atoms with Gasteiger partial charge in [0, 0.05) is 27.9 Å². The zero-order valence-corrected chi connectivity index (χ0v) is 29.8. The van der Waals surface area contributed by atoms with Gasteiger partial charge in [0.25, 0.3) is 0 Å². The predicted octanol–water partition coefficient (Wildman–Crippen LogP) is 11.9. The second-order valence-corrected chi connectivity index (χ2v) is 15.7. The Labute approximate surface area is 299 Å². The third kappa shape index (κ3) is 5.29. The van der Waals surface area contributed by atoms with Crippen LogP contribution in [0.5, 0.6) is 0 Å². The number of allylic oxidation sites excluding steroid dienone is 1. The van der Waals surface area contributed by atoms with E-state index in [1.165, 1.54) is 22.6 Å². The molecular formula is C47H38N2O2. The molecule has 0 radical (unpaired) electrons. The normalized spacial score (nSPS) is 14.2. The monoisotopic (exact) mass is 662 g/mol. The van der Waals surface area contributed by atoms with Crippen molar-refractivity contribution < 1.29 is 9.59 Å². The van der Waals surface area contributed by atoms with Crippen LogP contribution in [-0.4, -0.2) is 11.6 Å². The molecule has 4 nitrogen and oxygen atoms in total. The number of carbonyl (C=O) groups is 2. The fraction of sp³-hybridized carbons (Fsp3) is 0.170. The molecule has 2 aliphatic carbocycles. The lowest BCUT2D eigenvalue weighted by Crippen LogP contribution is -2.14. The molecule has 4 heteroatoms. The third-order valence-corrected chi connectivity index (χ3v) is 10.3. The van der Waals surface area contributed by atoms with Crippen LogP contribution in [0.25, 0.3) is 39.1 Å². The van der Waals surface area contributed by atoms with Gasteiger partial charge in [-0.2, -0.15) is 5.26 Å². The minimum absolute atomic E-state index is 0.0452. The average Bonchev–Trinajstić information content (AvgIpc) is 3.56. The van der Waals surface area contributed by atoms with Crippen LogP contribution in [0, 0.1) is 11.3 Å². The molecule has 0 amide bonds. The minimum atomic E-state index is -0.339. The summed E-state index contributed by atoms with van der Waals surface area (Å²) in [6.07, 6.45) is 1.69. The van der Waals surface area contributed by atoms with Crippen molar-refractivity contribution in [3.8, 4) is 28.3 Å². The van der Waals surface area contributed by atoms with Crippen molar-refractivity contribution in [2.75, 3.05) is 4.90 Å². The Bertz CT molecular complexity index is 2460. The van der Waals surface area contributed by atoms with Crippen LogP contribution in [0.2, 0.25) is 0 Å². The quantitative estimate of drug-likeness (QED) is 0.139. The Kier molecular flexibility index (Phi) is 7.26. The molecule has 248 valence electrons. The lowest BCUT2D eigenvalue weighted by Gasteiger charge is -2.29. The molecule has 0 bridgehead atoms. The molecule has 0 saturated carbocycles. The lowest BCUT2D eigenvalue weighted by atomic mass is 9.86. The molecule has 0 aromatic heterocycles. The summed E-state index contributed by atoms with van der Waals surface area (Å²) < 4.78 is 0. The van der Waals surface area contributed by atoms with E-state index in [2.05, 4.69) is 144 Å². The first-order chi connectivity index (χ1) is 24.3. The number of Topliss-reactive ketones (excluding diaryl/α,β-unsaturated/α-hetero) is 2. The minimum Gasteiger partial charge on any atom is -0.310 e. The predicted molar refractivity (Wildman–Crippen MR) is 208 cm³/mol. The molecule has 0 fully saturated rings. The van der Waals surface area contributed by atoms with Crippen molar-refractivity contribution >= 4 is 45.5 Å². The maximum Gasteiger partial charge on any atom is 0.197 e. The van der Waals surface area contributed by atoms with Gasteiger partial charge in [-0.1, -0.05) is 102 Å². The Morgan fingerprint density at radius 1 is 0.569 bits per heavy atom. The SMILES string of the molecule is CC(C)(C)c1ccc(N(c2ccc(C(C)(C)C)cc2)c2ccc3c4c(cccc24)-c2cc(/C=C4/C(=O)c5ccc(C#N)cc5C4=O)ccc2-3)cc1. The summed E-state index contributed by atoms with van der Waals surface area (Å²) in [4.78, 5) is 28.9. The van der Waals surface area contributed by atoms with Crippen molar-refractivity contribution in [1.29, 1.82) is 5.26 Å². The summed E-state index contributed by atoms with van der Waals surface area (Å²) >= 11 is 0. The van der Waals surface area contributed by atoms with Crippen molar-refractivity contribution in [3.63, 3.8) is 0 Å². The first-order valence-corrected chi connectivity index (χ1v) is 17.4. The van der Waals surface area contributed by atoms with E-state index in [1.807, 2.05) is 6.07 Å². The van der Waals surface area contributed by atoms with E-state index >= 15 is 0 Å². The van der Waals surface area contributed by atoms with E-state index in [1.54, 1.807) is 18.2 Å². The van der Waals surface area contributed by atoms with E-state index < -0.39 is 0 Å². The van der Waals surface area contributed by atoms with Gasteiger partial charge >= 0.3 is 0 Å². The van der Waals surface area contributed by atoms with E-state index in [4.69, 9.17) is 0 Å². The fourth-order valence-corrected chi connectivity index (χ4v) is 7.48. The molecule has 2 aliphatic rings. The van der Waals surface area contributed by atoms with Crippen LogP contribution >= 0.6 is 0 Å². The standard InChI is InChI=1S/C47H38N2O2/c1-46(2,3)30-12-16-32(17-13-30)49(33-18-14-31(15-19-33)47(4,5)6)42-23-22-36-34-20-10-28(24-39(34)35-8-7-9-38(42)43(35)36)25-41-44(50)37-21-11-29(27-48)26-40(37)45(41)51/h7-26H,1-6H3/b41-25-. The summed E-state index contributed by atoms with van der Waals surface area (Å²) in [5.41, 5.74) is 12.3. The fourth-order valence-electron chi connectivity index (χ4n) is 7.48. The molecule has 8 rings (SSSR count). The molecule has 0 heterocycles. The Hall–Kier alpha value is -6.05. The number of nitriles is 1. The number of anilines is 3. The lowest BCUT2D eigenvalue weighted by molar-refractivity contribution is 0.0990. The van der Waals surface area contributed by atoms with Gasteiger partial charge in [0.15, 0.2) is 11.6 Å². The summed E-state index contributed by atoms with van der Waals surface area (Å²) in [5.74, 6) is -0.644.